The van der Waals surface area contributed by atoms with E-state index in [1.165, 1.54) is 141 Å². The Kier molecular flexibility index (Phi) is 35.9. The van der Waals surface area contributed by atoms with Crippen LogP contribution in [0.4, 0.5) is 0 Å². The van der Waals surface area contributed by atoms with Crippen molar-refractivity contribution in [3.8, 4) is 0 Å². The van der Waals surface area contributed by atoms with Crippen LogP contribution >= 0.6 is 0 Å². The maximum Gasteiger partial charge on any atom is 0.329 e. The Balaban J connectivity index is 1.16. The van der Waals surface area contributed by atoms with Crippen molar-refractivity contribution >= 4 is 29.8 Å². The predicted molar refractivity (Wildman–Crippen MR) is 339 cm³/mol. The molecule has 1 aliphatic carbocycles. The van der Waals surface area contributed by atoms with Crippen LogP contribution in [0.3, 0.4) is 0 Å². The third kappa shape index (κ3) is 27.8. The molecule has 5 rings (SSSR count). The first kappa shape index (κ1) is 69.5. The third-order valence-corrected chi connectivity index (χ3v) is 17.2. The molecule has 2 unspecified atom stereocenters. The number of esters is 4. The number of aryl methyl sites for hydroxylation is 1. The molecule has 2 aliphatic rings. The predicted octanol–water partition coefficient (Wildman–Crippen LogP) is 17.4. The quantitative estimate of drug-likeness (QED) is 0.0252. The average molecular weight is 1160 g/mol. The minimum Gasteiger partial charge on any atom is -0.462 e. The van der Waals surface area contributed by atoms with Crippen molar-refractivity contribution in [2.45, 2.75) is 288 Å². The van der Waals surface area contributed by atoms with Gasteiger partial charge in [-0.1, -0.05) is 297 Å². The molecule has 11 heteroatoms. The number of carbonyl (C=O) groups excluding carboxylic acids is 5. The fourth-order valence-electron chi connectivity index (χ4n) is 12.1. The van der Waals surface area contributed by atoms with Gasteiger partial charge >= 0.3 is 23.9 Å². The lowest BCUT2D eigenvalue weighted by Gasteiger charge is -2.33. The number of nitrogens with zero attached hydrogens (tertiary/aromatic N) is 1. The summed E-state index contributed by atoms with van der Waals surface area (Å²) >= 11 is 0. The highest BCUT2D eigenvalue weighted by molar-refractivity contribution is 5.89. The Bertz CT molecular complexity index is 2170. The molecule has 0 saturated carbocycles. The summed E-state index contributed by atoms with van der Waals surface area (Å²) in [7, 11) is 0. The van der Waals surface area contributed by atoms with Gasteiger partial charge in [0.1, 0.15) is 25.3 Å². The van der Waals surface area contributed by atoms with Crippen LogP contribution in [0, 0.1) is 5.92 Å². The number of hydrogen-bond donors (Lipinski definition) is 1. The van der Waals surface area contributed by atoms with Gasteiger partial charge in [-0.25, -0.2) is 4.79 Å². The molecule has 0 spiro atoms. The van der Waals surface area contributed by atoms with Crippen LogP contribution in [0.5, 0.6) is 0 Å². The SMILES string of the molecule is CCCCCCCCCCCCCCCCCC(=O)OCC(COC(=O)CCCCCCCCCCCCCCCCC)OC(=O)C(CCc1ccccc1)NC(C)C(=O)N1[C@@H]2C=CC[C@H]2C[C@H]1C(=O)OC(c1ccccc1)c1ccccc1. The number of ether oxygens (including phenoxy) is 4. The zero-order valence-electron chi connectivity index (χ0n) is 52.3. The number of fused-ring (bicyclic) bond motifs is 1. The van der Waals surface area contributed by atoms with Crippen molar-refractivity contribution in [2.24, 2.45) is 5.92 Å². The fraction of sp³-hybridized carbons (Fsp3) is 0.658. The summed E-state index contributed by atoms with van der Waals surface area (Å²) in [4.78, 5) is 72.0. The summed E-state index contributed by atoms with van der Waals surface area (Å²) in [6, 6.07) is 26.0. The first-order chi connectivity index (χ1) is 41.2. The van der Waals surface area contributed by atoms with Gasteiger partial charge in [-0.3, -0.25) is 24.5 Å². The molecule has 1 fully saturated rings. The van der Waals surface area contributed by atoms with Crippen molar-refractivity contribution in [1.82, 2.24) is 10.2 Å². The van der Waals surface area contributed by atoms with Gasteiger partial charge in [0, 0.05) is 12.8 Å². The van der Waals surface area contributed by atoms with Crippen molar-refractivity contribution in [2.75, 3.05) is 13.2 Å². The summed E-state index contributed by atoms with van der Waals surface area (Å²) in [6.45, 7) is 5.70. The molecular formula is C73H110N2O9. The molecule has 5 atom stereocenters. The maximum atomic E-state index is 14.9. The number of benzene rings is 3. The zero-order valence-corrected chi connectivity index (χ0v) is 52.3. The van der Waals surface area contributed by atoms with E-state index in [0.29, 0.717) is 25.7 Å². The van der Waals surface area contributed by atoms with E-state index in [-0.39, 0.29) is 62.3 Å². The number of carbonyl (C=O) groups is 5. The Hall–Kier alpha value is -5.29. The molecule has 0 radical (unpaired) electrons. The Morgan fingerprint density at radius 2 is 0.929 bits per heavy atom. The molecule has 1 saturated heterocycles. The molecule has 84 heavy (non-hydrogen) atoms. The van der Waals surface area contributed by atoms with E-state index in [2.05, 4.69) is 25.2 Å². The van der Waals surface area contributed by atoms with E-state index in [9.17, 15) is 24.0 Å². The normalized spacial score (nSPS) is 16.2. The summed E-state index contributed by atoms with van der Waals surface area (Å²) in [5.41, 5.74) is 2.65. The Morgan fingerprint density at radius 3 is 1.36 bits per heavy atom. The van der Waals surface area contributed by atoms with Crippen LogP contribution < -0.4 is 5.32 Å². The zero-order chi connectivity index (χ0) is 59.7. The van der Waals surface area contributed by atoms with E-state index in [0.717, 1.165) is 61.6 Å². The number of rotatable bonds is 48. The van der Waals surface area contributed by atoms with Crippen molar-refractivity contribution in [1.29, 1.82) is 0 Å². The van der Waals surface area contributed by atoms with E-state index >= 15 is 0 Å². The topological polar surface area (TPSA) is 138 Å². The minimum absolute atomic E-state index is 0.0500. The number of nitrogens with one attached hydrogen (secondary N) is 1. The highest BCUT2D eigenvalue weighted by atomic mass is 16.6. The van der Waals surface area contributed by atoms with Crippen molar-refractivity contribution in [3.63, 3.8) is 0 Å². The van der Waals surface area contributed by atoms with E-state index in [1.807, 2.05) is 97.1 Å². The van der Waals surface area contributed by atoms with Crippen LogP contribution in [-0.2, 0) is 49.3 Å². The Labute approximate surface area is 507 Å². The van der Waals surface area contributed by atoms with Gasteiger partial charge in [0.05, 0.1) is 12.1 Å². The largest absolute Gasteiger partial charge is 0.462 e. The highest BCUT2D eigenvalue weighted by Crippen LogP contribution is 2.39. The van der Waals surface area contributed by atoms with Gasteiger partial charge in [0.25, 0.3) is 0 Å². The van der Waals surface area contributed by atoms with Crippen LogP contribution in [0.25, 0.3) is 0 Å². The smallest absolute Gasteiger partial charge is 0.329 e. The molecule has 1 aliphatic heterocycles. The summed E-state index contributed by atoms with van der Waals surface area (Å²) in [5.74, 6) is -2.19. The van der Waals surface area contributed by atoms with Crippen molar-refractivity contribution < 1.29 is 42.9 Å². The second kappa shape index (κ2) is 43.3. The lowest BCUT2D eigenvalue weighted by molar-refractivity contribution is -0.168. The number of amides is 1. The summed E-state index contributed by atoms with van der Waals surface area (Å²) in [5, 5.41) is 3.32. The van der Waals surface area contributed by atoms with E-state index in [4.69, 9.17) is 18.9 Å². The van der Waals surface area contributed by atoms with Gasteiger partial charge in [0.2, 0.25) is 5.91 Å². The molecule has 0 aromatic heterocycles. The van der Waals surface area contributed by atoms with Crippen LogP contribution in [0.15, 0.2) is 103 Å². The first-order valence-corrected chi connectivity index (χ1v) is 33.8. The molecule has 3 aromatic carbocycles. The van der Waals surface area contributed by atoms with Gasteiger partial charge in [-0.05, 0) is 68.1 Å². The lowest BCUT2D eigenvalue weighted by Crippen LogP contribution is -2.55. The molecule has 1 amide bonds. The van der Waals surface area contributed by atoms with Crippen LogP contribution in [0.1, 0.15) is 268 Å². The van der Waals surface area contributed by atoms with Gasteiger partial charge < -0.3 is 23.8 Å². The molecule has 1 heterocycles. The molecule has 3 aromatic rings. The minimum atomic E-state index is -1.07. The second-order valence-corrected chi connectivity index (χ2v) is 24.3. The maximum absolute atomic E-state index is 14.9. The highest BCUT2D eigenvalue weighted by Gasteiger charge is 2.49. The van der Waals surface area contributed by atoms with E-state index in [1.54, 1.807) is 11.8 Å². The first-order valence-electron chi connectivity index (χ1n) is 33.8. The van der Waals surface area contributed by atoms with Gasteiger partial charge in [-0.15, -0.1) is 0 Å². The van der Waals surface area contributed by atoms with Crippen molar-refractivity contribution in [3.05, 3.63) is 120 Å². The monoisotopic (exact) mass is 1160 g/mol. The average Bonchev–Trinajstić information content (AvgIpc) is 3.38. The van der Waals surface area contributed by atoms with Gasteiger partial charge in [0.15, 0.2) is 12.2 Å². The molecular weight excluding hydrogens is 1050 g/mol. The fourth-order valence-corrected chi connectivity index (χ4v) is 12.1. The summed E-state index contributed by atoms with van der Waals surface area (Å²) in [6.07, 6.45) is 41.7. The van der Waals surface area contributed by atoms with Crippen LogP contribution in [-0.4, -0.2) is 78.2 Å². The standard InChI is InChI=1S/C73H110N2O9/c1-4-6-8-10-12-14-16-18-20-22-24-26-28-30-41-52-68(76)81-57-64(58-82-69(77)53-42-31-29-27-25-23-21-19-17-15-13-11-9-7-5-2)83-72(79)65(55-54-60-44-35-32-36-45-60)74-59(3)71(78)75-66-51-43-50-63(66)56-67(75)73(80)84-70(61-46-37-33-38-47-61)62-48-39-34-40-49-62/h32-40,43-49,51,59,63-67,70,74H,4-31,41-42,50,52-58H2,1-3H3/t59?,63-,65?,66+,67-/m0/s1. The molecule has 11 nitrogen and oxygen atoms in total. The van der Waals surface area contributed by atoms with Crippen LogP contribution in [0.2, 0.25) is 0 Å². The lowest BCUT2D eigenvalue weighted by atomic mass is 10.00. The van der Waals surface area contributed by atoms with E-state index < -0.39 is 42.3 Å². The number of hydrogen-bond acceptors (Lipinski definition) is 10. The number of likely N-dealkylation sites (tertiary alicyclic amines) is 1. The third-order valence-electron chi connectivity index (χ3n) is 17.2. The Morgan fingerprint density at radius 1 is 0.524 bits per heavy atom. The number of allylic oxidation sites excluding steroid dienone is 1. The molecule has 0 bridgehead atoms. The molecule has 466 valence electrons. The van der Waals surface area contributed by atoms with Gasteiger partial charge in [-0.2, -0.15) is 0 Å². The summed E-state index contributed by atoms with van der Waals surface area (Å²) < 4.78 is 24.1. The molecule has 1 N–H and O–H groups in total. The number of unbranched alkanes of at least 4 members (excludes halogenated alkanes) is 28. The second-order valence-electron chi connectivity index (χ2n) is 24.3.